The number of hydrogen-bond donors (Lipinski definition) is 0. The van der Waals surface area contributed by atoms with E-state index < -0.39 is 17.9 Å². The fraction of sp³-hybridized carbons (Fsp3) is 0.273. The minimum atomic E-state index is -5.08. The number of alkyl halides is 3. The number of carbonyl (C=O) groups excluding carboxylic acids is 2. The second kappa shape index (κ2) is 4.99. The molecule has 0 unspecified atom stereocenters. The van der Waals surface area contributed by atoms with Gasteiger partial charge in [-0.25, -0.2) is 4.79 Å². The topological polar surface area (TPSA) is 43.4 Å². The molecule has 0 saturated heterocycles. The van der Waals surface area contributed by atoms with E-state index in [1.54, 1.807) is 6.92 Å². The Morgan fingerprint density at radius 2 is 1.82 bits per heavy atom. The van der Waals surface area contributed by atoms with Gasteiger partial charge in [0.15, 0.2) is 5.78 Å². The molecule has 92 valence electrons. The third-order valence-corrected chi connectivity index (χ3v) is 1.94. The highest BCUT2D eigenvalue weighted by atomic mass is 19.4. The average molecular weight is 246 g/mol. The van der Waals surface area contributed by atoms with E-state index in [-0.39, 0.29) is 17.7 Å². The van der Waals surface area contributed by atoms with Crippen LogP contribution in [0.1, 0.15) is 23.7 Å². The fourth-order valence-electron chi connectivity index (χ4n) is 1.13. The Labute approximate surface area is 95.2 Å². The summed E-state index contributed by atoms with van der Waals surface area (Å²) in [6, 6.07) is 5.32. The Morgan fingerprint density at radius 1 is 1.24 bits per heavy atom. The lowest BCUT2D eigenvalue weighted by molar-refractivity contribution is -0.189. The summed E-state index contributed by atoms with van der Waals surface area (Å²) in [5.41, 5.74) is -0.0346. The van der Waals surface area contributed by atoms with Crippen LogP contribution in [-0.4, -0.2) is 17.9 Å². The molecule has 0 N–H and O–H groups in total. The maximum atomic E-state index is 12.0. The van der Waals surface area contributed by atoms with E-state index in [1.807, 2.05) is 0 Å². The second-order valence-corrected chi connectivity index (χ2v) is 3.16. The summed E-state index contributed by atoms with van der Waals surface area (Å²) in [5, 5.41) is 0. The van der Waals surface area contributed by atoms with Gasteiger partial charge in [0.05, 0.1) is 5.56 Å². The first kappa shape index (κ1) is 13.2. The Kier molecular flexibility index (Phi) is 3.88. The van der Waals surface area contributed by atoms with Crippen LogP contribution < -0.4 is 4.74 Å². The average Bonchev–Trinajstić information content (AvgIpc) is 2.27. The fourth-order valence-corrected chi connectivity index (χ4v) is 1.13. The van der Waals surface area contributed by atoms with E-state index in [0.29, 0.717) is 0 Å². The van der Waals surface area contributed by atoms with Gasteiger partial charge in [-0.15, -0.1) is 0 Å². The third-order valence-electron chi connectivity index (χ3n) is 1.94. The van der Waals surface area contributed by atoms with Crippen LogP contribution >= 0.6 is 0 Å². The van der Waals surface area contributed by atoms with Crippen LogP contribution in [0.4, 0.5) is 13.2 Å². The van der Waals surface area contributed by atoms with Gasteiger partial charge >= 0.3 is 12.1 Å². The van der Waals surface area contributed by atoms with Crippen LogP contribution in [0, 0.1) is 0 Å². The van der Waals surface area contributed by atoms with Crippen molar-refractivity contribution in [2.75, 3.05) is 0 Å². The predicted octanol–water partition coefficient (Wildman–Crippen LogP) is 2.75. The van der Waals surface area contributed by atoms with Crippen LogP contribution in [0.15, 0.2) is 24.3 Å². The Balaban J connectivity index is 2.99. The third kappa shape index (κ3) is 3.30. The van der Waals surface area contributed by atoms with E-state index in [2.05, 4.69) is 4.74 Å². The predicted molar refractivity (Wildman–Crippen MR) is 52.8 cm³/mol. The Hall–Kier alpha value is -1.85. The molecule has 0 radical (unpaired) electrons. The largest absolute Gasteiger partial charge is 0.491 e. The highest BCUT2D eigenvalue weighted by molar-refractivity contribution is 5.99. The number of halogens is 3. The van der Waals surface area contributed by atoms with E-state index >= 15 is 0 Å². The molecule has 0 heterocycles. The zero-order chi connectivity index (χ0) is 13.1. The second-order valence-electron chi connectivity index (χ2n) is 3.16. The van der Waals surface area contributed by atoms with E-state index in [0.717, 1.165) is 6.07 Å². The van der Waals surface area contributed by atoms with Gasteiger partial charge < -0.3 is 4.74 Å². The van der Waals surface area contributed by atoms with Gasteiger partial charge in [0, 0.05) is 6.42 Å². The molecular weight excluding hydrogens is 237 g/mol. The van der Waals surface area contributed by atoms with Crippen molar-refractivity contribution in [2.45, 2.75) is 19.5 Å². The van der Waals surface area contributed by atoms with Crippen molar-refractivity contribution in [3.05, 3.63) is 29.8 Å². The van der Waals surface area contributed by atoms with Crippen molar-refractivity contribution in [1.29, 1.82) is 0 Å². The standard InChI is InChI=1S/C11H9F3O3/c1-2-8(15)7-5-3-4-6-9(7)17-10(16)11(12,13)14/h3-6H,2H2,1H3. The normalized spacial score (nSPS) is 11.1. The van der Waals surface area contributed by atoms with E-state index in [9.17, 15) is 22.8 Å². The molecule has 0 amide bonds. The zero-order valence-electron chi connectivity index (χ0n) is 8.88. The number of carbonyl (C=O) groups is 2. The van der Waals surface area contributed by atoms with Gasteiger partial charge in [-0.2, -0.15) is 13.2 Å². The van der Waals surface area contributed by atoms with Crippen LogP contribution in [0.2, 0.25) is 0 Å². The van der Waals surface area contributed by atoms with Crippen molar-refractivity contribution >= 4 is 11.8 Å². The maximum Gasteiger partial charge on any atom is 0.491 e. The first-order valence-electron chi connectivity index (χ1n) is 4.77. The van der Waals surface area contributed by atoms with Crippen molar-refractivity contribution < 1.29 is 27.5 Å². The molecule has 6 heteroatoms. The lowest BCUT2D eigenvalue weighted by atomic mass is 10.1. The van der Waals surface area contributed by atoms with Gasteiger partial charge in [-0.3, -0.25) is 4.79 Å². The molecule has 17 heavy (non-hydrogen) atoms. The molecule has 1 aromatic rings. The SMILES string of the molecule is CCC(=O)c1ccccc1OC(=O)C(F)(F)F. The molecule has 0 bridgehead atoms. The molecule has 1 aromatic carbocycles. The first-order valence-corrected chi connectivity index (χ1v) is 4.77. The Morgan fingerprint density at radius 3 is 2.35 bits per heavy atom. The molecule has 0 aliphatic rings. The molecule has 0 atom stereocenters. The minimum Gasteiger partial charge on any atom is -0.419 e. The van der Waals surface area contributed by atoms with Gasteiger partial charge in [0.25, 0.3) is 0 Å². The molecule has 0 aliphatic carbocycles. The van der Waals surface area contributed by atoms with Crippen molar-refractivity contribution in [3.8, 4) is 5.75 Å². The first-order chi connectivity index (χ1) is 7.86. The summed E-state index contributed by atoms with van der Waals surface area (Å²) in [5.74, 6) is -3.11. The van der Waals surface area contributed by atoms with Gasteiger partial charge in [-0.1, -0.05) is 19.1 Å². The summed E-state index contributed by atoms with van der Waals surface area (Å²) in [7, 11) is 0. The van der Waals surface area contributed by atoms with Crippen LogP contribution in [0.25, 0.3) is 0 Å². The molecule has 0 saturated carbocycles. The highest BCUT2D eigenvalue weighted by Gasteiger charge is 2.41. The van der Waals surface area contributed by atoms with Gasteiger partial charge in [-0.05, 0) is 12.1 Å². The number of esters is 1. The highest BCUT2D eigenvalue weighted by Crippen LogP contribution is 2.24. The van der Waals surface area contributed by atoms with Crippen LogP contribution in [0.5, 0.6) is 5.75 Å². The zero-order valence-corrected chi connectivity index (χ0v) is 8.88. The van der Waals surface area contributed by atoms with E-state index in [4.69, 9.17) is 0 Å². The number of benzene rings is 1. The minimum absolute atomic E-state index is 0.0346. The van der Waals surface area contributed by atoms with Crippen LogP contribution in [0.3, 0.4) is 0 Å². The molecule has 0 aliphatic heterocycles. The summed E-state index contributed by atoms with van der Waals surface area (Å²) >= 11 is 0. The number of ketones is 1. The molecule has 0 spiro atoms. The summed E-state index contributed by atoms with van der Waals surface area (Å²) < 4.78 is 40.1. The quantitative estimate of drug-likeness (QED) is 0.468. The van der Waals surface area contributed by atoms with E-state index in [1.165, 1.54) is 18.2 Å². The number of rotatable bonds is 3. The van der Waals surface area contributed by atoms with Crippen molar-refractivity contribution in [1.82, 2.24) is 0 Å². The number of hydrogen-bond acceptors (Lipinski definition) is 3. The van der Waals surface area contributed by atoms with Crippen molar-refractivity contribution in [2.24, 2.45) is 0 Å². The molecule has 1 rings (SSSR count). The number of para-hydroxylation sites is 1. The smallest absolute Gasteiger partial charge is 0.419 e. The number of ether oxygens (including phenoxy) is 1. The monoisotopic (exact) mass is 246 g/mol. The number of Topliss-reactive ketones (excluding diaryl/α,β-unsaturated/α-hetero) is 1. The Bertz CT molecular complexity index is 438. The molecule has 0 fully saturated rings. The lowest BCUT2D eigenvalue weighted by Crippen LogP contribution is -2.28. The maximum absolute atomic E-state index is 12.0. The summed E-state index contributed by atoms with van der Waals surface area (Å²) in [6.45, 7) is 1.56. The van der Waals surface area contributed by atoms with Crippen molar-refractivity contribution in [3.63, 3.8) is 0 Å². The lowest BCUT2D eigenvalue weighted by Gasteiger charge is -2.09. The molecular formula is C11H9F3O3. The van der Waals surface area contributed by atoms with Gasteiger partial charge in [0.1, 0.15) is 5.75 Å². The summed E-state index contributed by atoms with van der Waals surface area (Å²) in [4.78, 5) is 22.0. The van der Waals surface area contributed by atoms with Gasteiger partial charge in [0.2, 0.25) is 0 Å². The summed E-state index contributed by atoms with van der Waals surface area (Å²) in [6.07, 6.45) is -4.97. The molecule has 3 nitrogen and oxygen atoms in total. The molecule has 0 aromatic heterocycles. The van der Waals surface area contributed by atoms with Crippen LogP contribution in [-0.2, 0) is 4.79 Å².